The molecule has 2 heterocycles. The lowest BCUT2D eigenvalue weighted by molar-refractivity contribution is -0.117. The highest BCUT2D eigenvalue weighted by Crippen LogP contribution is 2.24. The van der Waals surface area contributed by atoms with Gasteiger partial charge in [-0.25, -0.2) is 9.97 Å². The molecule has 0 aliphatic heterocycles. The Morgan fingerprint density at radius 2 is 2.16 bits per heavy atom. The molecule has 0 bridgehead atoms. The molecular formula is C14H17N3OS. The Morgan fingerprint density at radius 3 is 2.79 bits per heavy atom. The van der Waals surface area contributed by atoms with Gasteiger partial charge >= 0.3 is 0 Å². The van der Waals surface area contributed by atoms with E-state index >= 15 is 0 Å². The van der Waals surface area contributed by atoms with Crippen LogP contribution in [0.3, 0.4) is 0 Å². The quantitative estimate of drug-likeness (QED) is 0.930. The van der Waals surface area contributed by atoms with Gasteiger partial charge in [-0.15, -0.1) is 11.3 Å². The molecular weight excluding hydrogens is 258 g/mol. The van der Waals surface area contributed by atoms with Crippen molar-refractivity contribution >= 4 is 23.1 Å². The molecule has 5 heteroatoms. The molecule has 2 aromatic heterocycles. The number of hydrogen-bond donors (Lipinski definition) is 1. The minimum atomic E-state index is -0.171. The Kier molecular flexibility index (Phi) is 4.27. The van der Waals surface area contributed by atoms with Gasteiger partial charge in [0, 0.05) is 16.6 Å². The molecule has 1 N–H and O–H groups in total. The number of amides is 1. The molecule has 0 radical (unpaired) electrons. The Labute approximate surface area is 116 Å². The maximum atomic E-state index is 12.2. The molecule has 0 aromatic carbocycles. The average Bonchev–Trinajstić information content (AvgIpc) is 2.92. The zero-order valence-corrected chi connectivity index (χ0v) is 12.1. The molecule has 0 fully saturated rings. The van der Waals surface area contributed by atoms with Gasteiger partial charge in [-0.3, -0.25) is 4.79 Å². The number of thiophene rings is 1. The van der Waals surface area contributed by atoms with Gasteiger partial charge in [0.1, 0.15) is 12.1 Å². The second kappa shape index (κ2) is 5.93. The molecule has 0 spiro atoms. The van der Waals surface area contributed by atoms with E-state index in [9.17, 15) is 4.79 Å². The third kappa shape index (κ3) is 3.17. The average molecular weight is 275 g/mol. The van der Waals surface area contributed by atoms with E-state index in [0.717, 1.165) is 10.4 Å². The monoisotopic (exact) mass is 275 g/mol. The first-order chi connectivity index (χ1) is 9.09. The lowest BCUT2D eigenvalue weighted by Gasteiger charge is -2.14. The van der Waals surface area contributed by atoms with Crippen molar-refractivity contribution in [2.24, 2.45) is 0 Å². The van der Waals surface area contributed by atoms with Crippen LogP contribution < -0.4 is 5.32 Å². The van der Waals surface area contributed by atoms with Crippen molar-refractivity contribution in [3.8, 4) is 0 Å². The van der Waals surface area contributed by atoms with Gasteiger partial charge in [0.25, 0.3) is 0 Å². The van der Waals surface area contributed by atoms with Gasteiger partial charge < -0.3 is 5.32 Å². The van der Waals surface area contributed by atoms with Crippen LogP contribution in [0.4, 0.5) is 5.82 Å². The number of nitrogens with one attached hydrogen (secondary N) is 1. The zero-order chi connectivity index (χ0) is 13.8. The van der Waals surface area contributed by atoms with E-state index in [1.54, 1.807) is 17.5 Å². The van der Waals surface area contributed by atoms with Crippen LogP contribution in [0.25, 0.3) is 0 Å². The van der Waals surface area contributed by atoms with Gasteiger partial charge in [0.2, 0.25) is 5.91 Å². The van der Waals surface area contributed by atoms with Crippen LogP contribution in [-0.2, 0) is 4.79 Å². The first-order valence-corrected chi connectivity index (χ1v) is 7.11. The number of rotatable bonds is 4. The molecule has 0 saturated carbocycles. The van der Waals surface area contributed by atoms with Crippen LogP contribution >= 0.6 is 11.3 Å². The van der Waals surface area contributed by atoms with Crippen LogP contribution in [-0.4, -0.2) is 15.9 Å². The fourth-order valence-corrected chi connectivity index (χ4v) is 2.54. The van der Waals surface area contributed by atoms with Crippen molar-refractivity contribution in [2.45, 2.75) is 32.6 Å². The fourth-order valence-electron chi connectivity index (χ4n) is 1.76. The summed E-state index contributed by atoms with van der Waals surface area (Å²) < 4.78 is 0. The summed E-state index contributed by atoms with van der Waals surface area (Å²) in [5.41, 5.74) is 0.953. The van der Waals surface area contributed by atoms with Crippen LogP contribution in [0.5, 0.6) is 0 Å². The van der Waals surface area contributed by atoms with Gasteiger partial charge in [-0.1, -0.05) is 19.9 Å². The third-order valence-corrected chi connectivity index (χ3v) is 4.02. The van der Waals surface area contributed by atoms with E-state index < -0.39 is 0 Å². The fraction of sp³-hybridized carbons (Fsp3) is 0.357. The summed E-state index contributed by atoms with van der Waals surface area (Å²) in [6, 6.07) is 3.92. The number of carbonyl (C=O) groups is 1. The van der Waals surface area contributed by atoms with Crippen LogP contribution in [0.2, 0.25) is 0 Å². The highest BCUT2D eigenvalue weighted by molar-refractivity contribution is 7.10. The van der Waals surface area contributed by atoms with Crippen molar-refractivity contribution in [1.29, 1.82) is 0 Å². The summed E-state index contributed by atoms with van der Waals surface area (Å²) in [6.07, 6.45) is 3.21. The predicted octanol–water partition coefficient (Wildman–Crippen LogP) is 3.40. The lowest BCUT2D eigenvalue weighted by Crippen LogP contribution is -2.20. The highest BCUT2D eigenvalue weighted by Gasteiger charge is 2.18. The minimum absolute atomic E-state index is 0.0388. The van der Waals surface area contributed by atoms with Crippen molar-refractivity contribution in [1.82, 2.24) is 9.97 Å². The smallest absolute Gasteiger partial charge is 0.233 e. The van der Waals surface area contributed by atoms with Crippen molar-refractivity contribution in [3.05, 3.63) is 40.5 Å². The largest absolute Gasteiger partial charge is 0.310 e. The maximum Gasteiger partial charge on any atom is 0.233 e. The van der Waals surface area contributed by atoms with Gasteiger partial charge in [-0.2, -0.15) is 0 Å². The summed E-state index contributed by atoms with van der Waals surface area (Å²) in [7, 11) is 0. The maximum absolute atomic E-state index is 12.2. The molecule has 1 atom stereocenters. The van der Waals surface area contributed by atoms with E-state index in [2.05, 4.69) is 29.1 Å². The van der Waals surface area contributed by atoms with E-state index in [0.29, 0.717) is 5.82 Å². The van der Waals surface area contributed by atoms with Gasteiger partial charge in [-0.05, 0) is 24.3 Å². The Bertz CT molecular complexity index is 552. The van der Waals surface area contributed by atoms with Crippen LogP contribution in [0.1, 0.15) is 43.0 Å². The summed E-state index contributed by atoms with van der Waals surface area (Å²) in [5, 5.41) is 4.87. The molecule has 4 nitrogen and oxygen atoms in total. The Morgan fingerprint density at radius 1 is 1.37 bits per heavy atom. The van der Waals surface area contributed by atoms with Crippen LogP contribution in [0.15, 0.2) is 30.0 Å². The second-order valence-corrected chi connectivity index (χ2v) is 5.69. The zero-order valence-electron chi connectivity index (χ0n) is 11.3. The number of hydrogen-bond acceptors (Lipinski definition) is 4. The summed E-state index contributed by atoms with van der Waals surface area (Å²) in [6.45, 7) is 6.01. The van der Waals surface area contributed by atoms with Crippen molar-refractivity contribution in [3.63, 3.8) is 0 Å². The molecule has 100 valence electrons. The standard InChI is InChI=1S/C14H17N3OS/c1-9(2)11-7-15-8-16-13(11)17-14(18)10(3)12-5-4-6-19-12/h4-10H,1-3H3,(H,15,16,17,18). The SMILES string of the molecule is CC(C)c1cncnc1NC(=O)C(C)c1cccs1. The molecule has 1 unspecified atom stereocenters. The van der Waals surface area contributed by atoms with E-state index in [-0.39, 0.29) is 17.7 Å². The van der Waals surface area contributed by atoms with Crippen LogP contribution in [0, 0.1) is 0 Å². The first kappa shape index (κ1) is 13.7. The van der Waals surface area contributed by atoms with Gasteiger partial charge in [0.15, 0.2) is 0 Å². The Balaban J connectivity index is 2.15. The summed E-state index contributed by atoms with van der Waals surface area (Å²) >= 11 is 1.59. The highest BCUT2D eigenvalue weighted by atomic mass is 32.1. The molecule has 2 rings (SSSR count). The molecule has 0 saturated heterocycles. The van der Waals surface area contributed by atoms with Gasteiger partial charge in [0.05, 0.1) is 5.92 Å². The normalized spacial score (nSPS) is 12.4. The Hall–Kier alpha value is -1.75. The van der Waals surface area contributed by atoms with E-state index in [1.165, 1.54) is 6.33 Å². The number of anilines is 1. The third-order valence-electron chi connectivity index (χ3n) is 2.97. The summed E-state index contributed by atoms with van der Waals surface area (Å²) in [5.74, 6) is 0.671. The topological polar surface area (TPSA) is 54.9 Å². The summed E-state index contributed by atoms with van der Waals surface area (Å²) in [4.78, 5) is 21.4. The lowest BCUT2D eigenvalue weighted by atomic mass is 10.1. The number of carbonyl (C=O) groups excluding carboxylic acids is 1. The van der Waals surface area contributed by atoms with E-state index in [1.807, 2.05) is 24.4 Å². The van der Waals surface area contributed by atoms with Crippen molar-refractivity contribution in [2.75, 3.05) is 5.32 Å². The van der Waals surface area contributed by atoms with E-state index in [4.69, 9.17) is 0 Å². The second-order valence-electron chi connectivity index (χ2n) is 4.71. The predicted molar refractivity (Wildman–Crippen MR) is 77.5 cm³/mol. The van der Waals surface area contributed by atoms with Crippen molar-refractivity contribution < 1.29 is 4.79 Å². The number of aromatic nitrogens is 2. The number of nitrogens with zero attached hydrogens (tertiary/aromatic N) is 2. The molecule has 1 amide bonds. The molecule has 0 aliphatic carbocycles. The molecule has 0 aliphatic rings. The minimum Gasteiger partial charge on any atom is -0.310 e. The molecule has 19 heavy (non-hydrogen) atoms. The molecule has 2 aromatic rings. The first-order valence-electron chi connectivity index (χ1n) is 6.23.